The van der Waals surface area contributed by atoms with Crippen LogP contribution >= 0.6 is 0 Å². The van der Waals surface area contributed by atoms with Crippen LogP contribution in [0.15, 0.2) is 72.8 Å². The lowest BCUT2D eigenvalue weighted by molar-refractivity contribution is 0.0696. The molecule has 2 N–H and O–H groups in total. The van der Waals surface area contributed by atoms with Crippen molar-refractivity contribution in [2.24, 2.45) is 0 Å². The van der Waals surface area contributed by atoms with Gasteiger partial charge < -0.3 is 9.84 Å². The number of tetrazole rings is 1. The molecule has 5 rings (SSSR count). The quantitative estimate of drug-likeness (QED) is 0.378. The van der Waals surface area contributed by atoms with Crippen LogP contribution in [0.2, 0.25) is 0 Å². The number of rotatable bonds is 6. The number of H-pyrrole nitrogens is 1. The molecule has 3 aromatic carbocycles. The van der Waals surface area contributed by atoms with Crippen molar-refractivity contribution in [3.05, 3.63) is 84.1 Å². The van der Waals surface area contributed by atoms with Crippen molar-refractivity contribution >= 4 is 16.9 Å². The highest BCUT2D eigenvalue weighted by molar-refractivity contribution is 6.05. The number of aryl methyl sites for hydroxylation is 1. The van der Waals surface area contributed by atoms with Crippen molar-refractivity contribution < 1.29 is 14.6 Å². The maximum Gasteiger partial charge on any atom is 0.340 e. The molecule has 0 fully saturated rings. The van der Waals surface area contributed by atoms with Crippen molar-refractivity contribution in [2.75, 3.05) is 0 Å². The van der Waals surface area contributed by atoms with Gasteiger partial charge in [-0.15, -0.1) is 10.2 Å². The van der Waals surface area contributed by atoms with Gasteiger partial charge in [0.15, 0.2) is 5.75 Å². The van der Waals surface area contributed by atoms with Crippen molar-refractivity contribution in [3.63, 3.8) is 0 Å². The summed E-state index contributed by atoms with van der Waals surface area (Å²) in [6, 6.07) is 22.5. The summed E-state index contributed by atoms with van der Waals surface area (Å²) >= 11 is 0. The summed E-state index contributed by atoms with van der Waals surface area (Å²) < 4.78 is 6.20. The van der Waals surface area contributed by atoms with Gasteiger partial charge in [0.2, 0.25) is 5.82 Å². The highest BCUT2D eigenvalue weighted by atomic mass is 16.5. The zero-order valence-electron chi connectivity index (χ0n) is 17.7. The summed E-state index contributed by atoms with van der Waals surface area (Å²) in [7, 11) is 0. The summed E-state index contributed by atoms with van der Waals surface area (Å²) in [5, 5.41) is 25.0. The molecule has 0 atom stereocenters. The van der Waals surface area contributed by atoms with E-state index in [1.54, 1.807) is 30.3 Å². The van der Waals surface area contributed by atoms with Crippen LogP contribution in [0.1, 0.15) is 23.0 Å². The number of hydrogen-bond donors (Lipinski definition) is 2. The molecule has 0 saturated carbocycles. The molecule has 0 aliphatic carbocycles. The smallest absolute Gasteiger partial charge is 0.340 e. The number of nitrogens with zero attached hydrogens (tertiary/aromatic N) is 4. The van der Waals surface area contributed by atoms with E-state index in [1.165, 1.54) is 0 Å². The van der Waals surface area contributed by atoms with Gasteiger partial charge in [0.1, 0.15) is 11.3 Å². The Balaban J connectivity index is 1.67. The average Bonchev–Trinajstić information content (AvgIpc) is 3.39. The Labute approximate surface area is 188 Å². The Hall–Kier alpha value is -4.59. The van der Waals surface area contributed by atoms with Crippen LogP contribution < -0.4 is 4.74 Å². The van der Waals surface area contributed by atoms with Crippen LogP contribution in [0.4, 0.5) is 0 Å². The SMILES string of the molecule is CCc1nc2ccccc2c(C(=O)O)c1Oc1ccc(-c2ccccc2)c(-c2nn[nH]n2)c1. The number of fused-ring (bicyclic) bond motifs is 1. The molecule has 0 aliphatic heterocycles. The monoisotopic (exact) mass is 437 g/mol. The van der Waals surface area contributed by atoms with Crippen LogP contribution in [-0.2, 0) is 6.42 Å². The Morgan fingerprint density at radius 3 is 2.52 bits per heavy atom. The second-order valence-electron chi connectivity index (χ2n) is 7.35. The molecule has 8 heteroatoms. The summed E-state index contributed by atoms with van der Waals surface area (Å²) in [5.41, 5.74) is 3.86. The van der Waals surface area contributed by atoms with E-state index in [-0.39, 0.29) is 11.3 Å². The zero-order valence-corrected chi connectivity index (χ0v) is 17.7. The van der Waals surface area contributed by atoms with Gasteiger partial charge in [0.25, 0.3) is 0 Å². The first-order valence-corrected chi connectivity index (χ1v) is 10.4. The molecule has 0 aliphatic rings. The number of aromatic nitrogens is 5. The van der Waals surface area contributed by atoms with Gasteiger partial charge in [0.05, 0.1) is 11.2 Å². The molecule has 33 heavy (non-hydrogen) atoms. The summed E-state index contributed by atoms with van der Waals surface area (Å²) in [6.45, 7) is 1.92. The number of para-hydroxylation sites is 1. The molecule has 0 saturated heterocycles. The number of hydrogen-bond acceptors (Lipinski definition) is 6. The molecular weight excluding hydrogens is 418 g/mol. The van der Waals surface area contributed by atoms with Gasteiger partial charge in [-0.05, 0) is 47.0 Å². The zero-order chi connectivity index (χ0) is 22.8. The van der Waals surface area contributed by atoms with E-state index in [0.717, 1.165) is 11.1 Å². The number of pyridine rings is 1. The largest absolute Gasteiger partial charge is 0.478 e. The molecule has 5 aromatic rings. The van der Waals surface area contributed by atoms with Gasteiger partial charge in [0, 0.05) is 10.9 Å². The average molecular weight is 437 g/mol. The third kappa shape index (κ3) is 3.78. The first-order chi connectivity index (χ1) is 16.2. The molecular formula is C25H19N5O3. The molecule has 0 bridgehead atoms. The van der Waals surface area contributed by atoms with E-state index in [4.69, 9.17) is 4.74 Å². The second kappa shape index (κ2) is 8.51. The van der Waals surface area contributed by atoms with E-state index >= 15 is 0 Å². The lowest BCUT2D eigenvalue weighted by Crippen LogP contribution is -2.06. The number of carbonyl (C=O) groups is 1. The standard InChI is InChI=1S/C25H19N5O3/c1-2-20-23(22(25(31)32)18-10-6-7-11-21(18)26-20)33-16-12-13-17(15-8-4-3-5-9-15)19(14-16)24-27-29-30-28-24/h3-14H,2H2,1H3,(H,31,32)(H,27,28,29,30). The number of ether oxygens (including phenoxy) is 1. The third-order valence-corrected chi connectivity index (χ3v) is 5.35. The Bertz CT molecular complexity index is 1450. The summed E-state index contributed by atoms with van der Waals surface area (Å²) in [6.07, 6.45) is 0.514. The van der Waals surface area contributed by atoms with Crippen molar-refractivity contribution in [1.82, 2.24) is 25.6 Å². The van der Waals surface area contributed by atoms with E-state index in [9.17, 15) is 9.90 Å². The third-order valence-electron chi connectivity index (χ3n) is 5.35. The van der Waals surface area contributed by atoms with Crippen LogP contribution in [0, 0.1) is 0 Å². The summed E-state index contributed by atoms with van der Waals surface area (Å²) in [5.74, 6) is 0.0155. The molecule has 2 heterocycles. The normalized spacial score (nSPS) is 10.9. The van der Waals surface area contributed by atoms with Gasteiger partial charge >= 0.3 is 5.97 Å². The maximum absolute atomic E-state index is 12.2. The first-order valence-electron chi connectivity index (χ1n) is 10.4. The number of nitrogens with one attached hydrogen (secondary N) is 1. The fourth-order valence-electron chi connectivity index (χ4n) is 3.84. The number of aromatic amines is 1. The highest BCUT2D eigenvalue weighted by Crippen LogP contribution is 2.38. The maximum atomic E-state index is 12.2. The number of carboxylic acids is 1. The Kier molecular flexibility index (Phi) is 5.24. The first kappa shape index (κ1) is 20.3. The Morgan fingerprint density at radius 2 is 1.79 bits per heavy atom. The van der Waals surface area contributed by atoms with E-state index < -0.39 is 5.97 Å². The highest BCUT2D eigenvalue weighted by Gasteiger charge is 2.22. The number of benzene rings is 3. The lowest BCUT2D eigenvalue weighted by atomic mass is 9.99. The molecule has 0 radical (unpaired) electrons. The fraction of sp³-hybridized carbons (Fsp3) is 0.0800. The number of aromatic carboxylic acids is 1. The Morgan fingerprint density at radius 1 is 1.00 bits per heavy atom. The molecule has 8 nitrogen and oxygen atoms in total. The molecule has 0 amide bonds. The minimum absolute atomic E-state index is 0.0886. The van der Waals surface area contributed by atoms with Crippen molar-refractivity contribution in [1.29, 1.82) is 0 Å². The van der Waals surface area contributed by atoms with Crippen LogP contribution in [0.25, 0.3) is 33.4 Å². The molecule has 162 valence electrons. The van der Waals surface area contributed by atoms with Crippen molar-refractivity contribution in [2.45, 2.75) is 13.3 Å². The predicted molar refractivity (Wildman–Crippen MR) is 123 cm³/mol. The summed E-state index contributed by atoms with van der Waals surface area (Å²) in [4.78, 5) is 16.9. The van der Waals surface area contributed by atoms with Gasteiger partial charge in [-0.2, -0.15) is 5.21 Å². The molecule has 0 spiro atoms. The van der Waals surface area contributed by atoms with Crippen molar-refractivity contribution in [3.8, 4) is 34.0 Å². The van der Waals surface area contributed by atoms with E-state index in [1.807, 2.05) is 49.4 Å². The van der Waals surface area contributed by atoms with E-state index in [0.29, 0.717) is 40.2 Å². The van der Waals surface area contributed by atoms with Gasteiger partial charge in [-0.1, -0.05) is 55.5 Å². The number of carboxylic acid groups (broad SMARTS) is 1. The van der Waals surface area contributed by atoms with Crippen LogP contribution in [0.3, 0.4) is 0 Å². The van der Waals surface area contributed by atoms with Crippen LogP contribution in [0.5, 0.6) is 11.5 Å². The van der Waals surface area contributed by atoms with Gasteiger partial charge in [-0.3, -0.25) is 0 Å². The lowest BCUT2D eigenvalue weighted by Gasteiger charge is -2.16. The molecule has 0 unspecified atom stereocenters. The van der Waals surface area contributed by atoms with Gasteiger partial charge in [-0.25, -0.2) is 9.78 Å². The predicted octanol–water partition coefficient (Wildman–Crippen LogP) is 5.13. The fourth-order valence-corrected chi connectivity index (χ4v) is 3.84. The molecule has 2 aromatic heterocycles. The minimum Gasteiger partial charge on any atom is -0.478 e. The minimum atomic E-state index is -1.07. The van der Waals surface area contributed by atoms with Crippen LogP contribution in [-0.4, -0.2) is 36.7 Å². The van der Waals surface area contributed by atoms with E-state index in [2.05, 4.69) is 25.6 Å². The second-order valence-corrected chi connectivity index (χ2v) is 7.35. The topological polar surface area (TPSA) is 114 Å².